The zero-order valence-corrected chi connectivity index (χ0v) is 13.0. The van der Waals surface area contributed by atoms with Gasteiger partial charge in [-0.2, -0.15) is 0 Å². The molecule has 5 nitrogen and oxygen atoms in total. The number of hydrogen-bond donors (Lipinski definition) is 1. The third-order valence-corrected chi connectivity index (χ3v) is 4.09. The van der Waals surface area contributed by atoms with Gasteiger partial charge in [0.25, 0.3) is 0 Å². The molecule has 1 aliphatic rings. The molecular weight excluding hydrogens is 252 g/mol. The third-order valence-electron chi connectivity index (χ3n) is 4.09. The highest BCUT2D eigenvalue weighted by Gasteiger charge is 2.24. The fourth-order valence-electron chi connectivity index (χ4n) is 2.81. The van der Waals surface area contributed by atoms with Crippen LogP contribution in [-0.2, 0) is 17.8 Å². The van der Waals surface area contributed by atoms with E-state index in [1.54, 1.807) is 7.11 Å². The van der Waals surface area contributed by atoms with Gasteiger partial charge in [-0.1, -0.05) is 0 Å². The van der Waals surface area contributed by atoms with Gasteiger partial charge >= 0.3 is 0 Å². The first-order chi connectivity index (χ1) is 9.70. The van der Waals surface area contributed by atoms with E-state index in [2.05, 4.69) is 33.6 Å². The highest BCUT2D eigenvalue weighted by molar-refractivity contribution is 4.98. The molecule has 0 aromatic carbocycles. The normalized spacial score (nSPS) is 20.1. The van der Waals surface area contributed by atoms with Crippen molar-refractivity contribution in [3.63, 3.8) is 0 Å². The first-order valence-electron chi connectivity index (χ1n) is 7.63. The van der Waals surface area contributed by atoms with Crippen molar-refractivity contribution in [3.05, 3.63) is 18.2 Å². The predicted octanol–water partition coefficient (Wildman–Crippen LogP) is 1.35. The lowest BCUT2D eigenvalue weighted by Gasteiger charge is -2.20. The number of ether oxygens (including phenoxy) is 1. The van der Waals surface area contributed by atoms with E-state index in [4.69, 9.17) is 4.74 Å². The fourth-order valence-corrected chi connectivity index (χ4v) is 2.81. The van der Waals surface area contributed by atoms with Crippen LogP contribution in [0, 0.1) is 5.92 Å². The number of nitrogens with one attached hydrogen (secondary N) is 1. The Hall–Kier alpha value is -0.910. The first-order valence-corrected chi connectivity index (χ1v) is 7.63. The van der Waals surface area contributed by atoms with Crippen LogP contribution in [0.5, 0.6) is 0 Å². The van der Waals surface area contributed by atoms with Crippen molar-refractivity contribution < 1.29 is 4.74 Å². The third kappa shape index (κ3) is 4.30. The smallest absolute Gasteiger partial charge is 0.0948 e. The highest BCUT2D eigenvalue weighted by atomic mass is 16.5. The van der Waals surface area contributed by atoms with E-state index in [1.807, 2.05) is 12.5 Å². The lowest BCUT2D eigenvalue weighted by atomic mass is 10.1. The molecule has 1 atom stereocenters. The van der Waals surface area contributed by atoms with Crippen LogP contribution in [0.4, 0.5) is 0 Å². The van der Waals surface area contributed by atoms with Crippen LogP contribution in [0.15, 0.2) is 12.5 Å². The molecule has 5 heteroatoms. The Morgan fingerprint density at radius 3 is 3.05 bits per heavy atom. The van der Waals surface area contributed by atoms with Crippen molar-refractivity contribution in [1.82, 2.24) is 19.8 Å². The molecule has 2 heterocycles. The molecule has 0 saturated carbocycles. The second kappa shape index (κ2) is 7.76. The number of aromatic nitrogens is 2. The summed E-state index contributed by atoms with van der Waals surface area (Å²) in [6.45, 7) is 10.6. The minimum Gasteiger partial charge on any atom is -0.383 e. The molecule has 1 fully saturated rings. The molecule has 1 aromatic rings. The topological polar surface area (TPSA) is 42.3 Å². The molecule has 0 radical (unpaired) electrons. The number of nitrogens with zero attached hydrogens (tertiary/aromatic N) is 3. The number of methoxy groups -OCH3 is 1. The van der Waals surface area contributed by atoms with Gasteiger partial charge in [0.1, 0.15) is 0 Å². The number of likely N-dealkylation sites (tertiary alicyclic amines) is 1. The van der Waals surface area contributed by atoms with E-state index in [9.17, 15) is 0 Å². The van der Waals surface area contributed by atoms with E-state index in [1.165, 1.54) is 25.2 Å². The first kappa shape index (κ1) is 15.5. The van der Waals surface area contributed by atoms with Crippen molar-refractivity contribution in [3.8, 4) is 0 Å². The summed E-state index contributed by atoms with van der Waals surface area (Å²) < 4.78 is 7.34. The number of rotatable bonds is 8. The molecular formula is C15H28N4O. The summed E-state index contributed by atoms with van der Waals surface area (Å²) in [4.78, 5) is 6.86. The van der Waals surface area contributed by atoms with Gasteiger partial charge in [0, 0.05) is 45.5 Å². The second-order valence-corrected chi connectivity index (χ2v) is 5.95. The number of hydrogen-bond acceptors (Lipinski definition) is 4. The van der Waals surface area contributed by atoms with E-state index < -0.39 is 0 Å². The van der Waals surface area contributed by atoms with Crippen LogP contribution in [0.2, 0.25) is 0 Å². The lowest BCUT2D eigenvalue weighted by molar-refractivity contribution is 0.199. The standard InChI is InChI=1S/C15H28N4O/c1-13(2)18-6-4-14(10-18)11-19-12-17-9-15(19)8-16-5-7-20-3/h9,12-14,16H,4-8,10-11H2,1-3H3. The molecule has 1 saturated heterocycles. The summed E-state index contributed by atoms with van der Waals surface area (Å²) in [5.41, 5.74) is 1.27. The lowest BCUT2D eigenvalue weighted by Crippen LogP contribution is -2.29. The SMILES string of the molecule is COCCNCc1cncn1CC1CCN(C(C)C)C1. The highest BCUT2D eigenvalue weighted by Crippen LogP contribution is 2.20. The Morgan fingerprint density at radius 2 is 2.35 bits per heavy atom. The molecule has 114 valence electrons. The fraction of sp³-hybridized carbons (Fsp3) is 0.800. The van der Waals surface area contributed by atoms with Crippen molar-refractivity contribution in [2.75, 3.05) is 33.4 Å². The van der Waals surface area contributed by atoms with Crippen molar-refractivity contribution in [2.24, 2.45) is 5.92 Å². The van der Waals surface area contributed by atoms with Crippen LogP contribution < -0.4 is 5.32 Å². The maximum absolute atomic E-state index is 5.04. The number of imidazole rings is 1. The Balaban J connectivity index is 1.80. The minimum absolute atomic E-state index is 0.665. The largest absolute Gasteiger partial charge is 0.383 e. The van der Waals surface area contributed by atoms with E-state index >= 15 is 0 Å². The van der Waals surface area contributed by atoms with Gasteiger partial charge in [0.05, 0.1) is 18.6 Å². The zero-order chi connectivity index (χ0) is 14.4. The summed E-state index contributed by atoms with van der Waals surface area (Å²) in [7, 11) is 1.73. The Bertz CT molecular complexity index is 391. The van der Waals surface area contributed by atoms with Crippen LogP contribution in [0.25, 0.3) is 0 Å². The van der Waals surface area contributed by atoms with Crippen LogP contribution in [-0.4, -0.2) is 53.8 Å². The summed E-state index contributed by atoms with van der Waals surface area (Å²) in [5, 5.41) is 3.38. The molecule has 1 unspecified atom stereocenters. The quantitative estimate of drug-likeness (QED) is 0.730. The Morgan fingerprint density at radius 1 is 1.50 bits per heavy atom. The predicted molar refractivity (Wildman–Crippen MR) is 80.6 cm³/mol. The van der Waals surface area contributed by atoms with E-state index in [-0.39, 0.29) is 0 Å². The Labute approximate surface area is 122 Å². The average molecular weight is 280 g/mol. The van der Waals surface area contributed by atoms with Crippen LogP contribution in [0.1, 0.15) is 26.0 Å². The van der Waals surface area contributed by atoms with Crippen LogP contribution >= 0.6 is 0 Å². The van der Waals surface area contributed by atoms with Gasteiger partial charge in [-0.15, -0.1) is 0 Å². The van der Waals surface area contributed by atoms with Gasteiger partial charge in [-0.05, 0) is 32.7 Å². The van der Waals surface area contributed by atoms with E-state index in [0.717, 1.165) is 32.2 Å². The maximum atomic E-state index is 5.04. The van der Waals surface area contributed by atoms with Crippen molar-refractivity contribution in [1.29, 1.82) is 0 Å². The molecule has 0 spiro atoms. The molecule has 0 aliphatic carbocycles. The van der Waals surface area contributed by atoms with E-state index in [0.29, 0.717) is 6.04 Å². The van der Waals surface area contributed by atoms with Gasteiger partial charge in [0.2, 0.25) is 0 Å². The molecule has 1 aliphatic heterocycles. The minimum atomic E-state index is 0.665. The average Bonchev–Trinajstić information content (AvgIpc) is 3.05. The molecule has 0 bridgehead atoms. The molecule has 1 N–H and O–H groups in total. The molecule has 0 amide bonds. The van der Waals surface area contributed by atoms with Gasteiger partial charge in [0.15, 0.2) is 0 Å². The maximum Gasteiger partial charge on any atom is 0.0948 e. The second-order valence-electron chi connectivity index (χ2n) is 5.95. The Kier molecular flexibility index (Phi) is 6.01. The van der Waals surface area contributed by atoms with Crippen molar-refractivity contribution in [2.45, 2.75) is 39.4 Å². The summed E-state index contributed by atoms with van der Waals surface area (Å²) >= 11 is 0. The summed E-state index contributed by atoms with van der Waals surface area (Å²) in [6, 6.07) is 0.665. The monoisotopic (exact) mass is 280 g/mol. The van der Waals surface area contributed by atoms with Gasteiger partial charge in [-0.3, -0.25) is 0 Å². The molecule has 2 rings (SSSR count). The summed E-state index contributed by atoms with van der Waals surface area (Å²) in [6.07, 6.45) is 5.23. The molecule has 20 heavy (non-hydrogen) atoms. The van der Waals surface area contributed by atoms with Gasteiger partial charge in [-0.25, -0.2) is 4.98 Å². The zero-order valence-electron chi connectivity index (χ0n) is 13.0. The van der Waals surface area contributed by atoms with Crippen molar-refractivity contribution >= 4 is 0 Å². The van der Waals surface area contributed by atoms with Gasteiger partial charge < -0.3 is 19.5 Å². The van der Waals surface area contributed by atoms with Crippen LogP contribution in [0.3, 0.4) is 0 Å². The summed E-state index contributed by atoms with van der Waals surface area (Å²) in [5.74, 6) is 0.754. The molecule has 1 aromatic heterocycles.